The van der Waals surface area contributed by atoms with Gasteiger partial charge in [-0.05, 0) is 42.9 Å². The first-order valence-corrected chi connectivity index (χ1v) is 8.90. The number of piperidine rings is 1. The van der Waals surface area contributed by atoms with Crippen LogP contribution in [0.3, 0.4) is 0 Å². The van der Waals surface area contributed by atoms with E-state index in [0.29, 0.717) is 17.8 Å². The molecule has 0 saturated carbocycles. The Bertz CT molecular complexity index is 635. The van der Waals surface area contributed by atoms with Gasteiger partial charge in [-0.1, -0.05) is 12.1 Å². The third kappa shape index (κ3) is 2.59. The number of aromatic hydroxyl groups is 1. The van der Waals surface area contributed by atoms with Crippen LogP contribution < -0.4 is 10.2 Å². The zero-order chi connectivity index (χ0) is 14.9. The lowest BCUT2D eigenvalue weighted by Crippen LogP contribution is -2.43. The lowest BCUT2D eigenvalue weighted by atomic mass is 10.0. The topological polar surface area (TPSA) is 48.4 Å². The highest BCUT2D eigenvalue weighted by Gasteiger charge is 2.28. The van der Waals surface area contributed by atoms with Gasteiger partial charge in [0.1, 0.15) is 5.75 Å². The molecule has 1 aliphatic carbocycles. The molecule has 1 aromatic heterocycles. The number of phenols is 1. The minimum atomic E-state index is 0.401. The van der Waals surface area contributed by atoms with Crippen molar-refractivity contribution in [2.24, 2.45) is 0 Å². The monoisotopic (exact) mass is 315 g/mol. The van der Waals surface area contributed by atoms with Crippen molar-refractivity contribution in [1.82, 2.24) is 10.3 Å². The van der Waals surface area contributed by atoms with Crippen molar-refractivity contribution in [2.45, 2.75) is 37.8 Å². The molecule has 0 radical (unpaired) electrons. The number of fused-ring (bicyclic) bond motifs is 1. The van der Waals surface area contributed by atoms with Gasteiger partial charge in [-0.3, -0.25) is 0 Å². The summed E-state index contributed by atoms with van der Waals surface area (Å²) in [4.78, 5) is 6.79. The maximum atomic E-state index is 9.96. The molecule has 4 rings (SSSR count). The van der Waals surface area contributed by atoms with E-state index in [1.54, 1.807) is 17.4 Å². The lowest BCUT2D eigenvalue weighted by Gasteiger charge is -2.34. The van der Waals surface area contributed by atoms with Crippen molar-refractivity contribution in [2.75, 3.05) is 18.0 Å². The Kier molecular flexibility index (Phi) is 3.76. The average Bonchev–Trinajstić information content (AvgIpc) is 3.19. The van der Waals surface area contributed by atoms with Gasteiger partial charge < -0.3 is 15.3 Å². The highest BCUT2D eigenvalue weighted by Crippen LogP contribution is 2.37. The molecule has 0 bridgehead atoms. The van der Waals surface area contributed by atoms with Crippen LogP contribution in [0.2, 0.25) is 0 Å². The summed E-state index contributed by atoms with van der Waals surface area (Å²) in [6.07, 6.45) is 6.28. The maximum Gasteiger partial charge on any atom is 0.185 e. The zero-order valence-electron chi connectivity index (χ0n) is 12.5. The number of nitrogens with one attached hydrogen (secondary N) is 1. The molecular formula is C17H21N3OS. The average molecular weight is 315 g/mol. The van der Waals surface area contributed by atoms with Crippen LogP contribution in [0.15, 0.2) is 29.8 Å². The van der Waals surface area contributed by atoms with Crippen molar-refractivity contribution < 1.29 is 5.11 Å². The zero-order valence-corrected chi connectivity index (χ0v) is 13.4. The van der Waals surface area contributed by atoms with Crippen LogP contribution >= 0.6 is 11.3 Å². The van der Waals surface area contributed by atoms with Gasteiger partial charge in [-0.15, -0.1) is 11.3 Å². The van der Waals surface area contributed by atoms with E-state index in [1.807, 2.05) is 17.6 Å². The first-order chi connectivity index (χ1) is 10.8. The third-order valence-electron chi connectivity index (χ3n) is 4.87. The Morgan fingerprint density at radius 3 is 2.86 bits per heavy atom. The summed E-state index contributed by atoms with van der Waals surface area (Å²) in [6.45, 7) is 2.15. The fourth-order valence-corrected chi connectivity index (χ4v) is 4.40. The van der Waals surface area contributed by atoms with Gasteiger partial charge in [-0.25, -0.2) is 4.98 Å². The van der Waals surface area contributed by atoms with Crippen LogP contribution in [0, 0.1) is 0 Å². The summed E-state index contributed by atoms with van der Waals surface area (Å²) in [5, 5.41) is 17.0. The van der Waals surface area contributed by atoms with Gasteiger partial charge in [0.15, 0.2) is 5.13 Å². The van der Waals surface area contributed by atoms with E-state index in [0.717, 1.165) is 49.5 Å². The second-order valence-corrected chi connectivity index (χ2v) is 7.05. The van der Waals surface area contributed by atoms with Gasteiger partial charge in [0.25, 0.3) is 0 Å². The van der Waals surface area contributed by atoms with Crippen molar-refractivity contribution in [3.63, 3.8) is 0 Å². The molecule has 1 aromatic carbocycles. The Morgan fingerprint density at radius 2 is 2.09 bits per heavy atom. The van der Waals surface area contributed by atoms with Crippen LogP contribution in [0.5, 0.6) is 5.75 Å². The SMILES string of the molecule is Oc1cccc2c1CC[C@H]2NC1CCN(c2nccs2)CC1. The molecule has 4 nitrogen and oxygen atoms in total. The van der Waals surface area contributed by atoms with Crippen LogP contribution in [-0.2, 0) is 6.42 Å². The largest absolute Gasteiger partial charge is 0.508 e. The van der Waals surface area contributed by atoms with Crippen molar-refractivity contribution in [3.05, 3.63) is 40.9 Å². The number of aromatic nitrogens is 1. The quantitative estimate of drug-likeness (QED) is 0.914. The first kappa shape index (κ1) is 14.0. The Morgan fingerprint density at radius 1 is 1.23 bits per heavy atom. The Balaban J connectivity index is 1.38. The molecule has 0 unspecified atom stereocenters. The molecule has 116 valence electrons. The standard InChI is InChI=1S/C17H21N3OS/c21-16-3-1-2-13-14(16)4-5-15(13)19-12-6-9-20(10-7-12)17-18-8-11-22-17/h1-3,8,11-12,15,19,21H,4-7,9-10H2/t15-/m1/s1. The highest BCUT2D eigenvalue weighted by molar-refractivity contribution is 7.13. The molecule has 2 aliphatic rings. The summed E-state index contributed by atoms with van der Waals surface area (Å²) in [6, 6.07) is 6.88. The van der Waals surface area contributed by atoms with E-state index >= 15 is 0 Å². The molecule has 0 spiro atoms. The number of hydrogen-bond donors (Lipinski definition) is 2. The van der Waals surface area contributed by atoms with Crippen molar-refractivity contribution in [1.29, 1.82) is 0 Å². The number of nitrogens with zero attached hydrogens (tertiary/aromatic N) is 2. The molecule has 1 aliphatic heterocycles. The summed E-state index contributed by atoms with van der Waals surface area (Å²) < 4.78 is 0. The predicted octanol–water partition coefficient (Wildman–Crippen LogP) is 3.09. The molecule has 1 atom stereocenters. The Labute approximate surface area is 134 Å². The molecule has 22 heavy (non-hydrogen) atoms. The predicted molar refractivity (Wildman–Crippen MR) is 89.7 cm³/mol. The molecule has 2 heterocycles. The number of hydrogen-bond acceptors (Lipinski definition) is 5. The third-order valence-corrected chi connectivity index (χ3v) is 5.70. The second kappa shape index (κ2) is 5.89. The minimum Gasteiger partial charge on any atom is -0.508 e. The van der Waals surface area contributed by atoms with Gasteiger partial charge in [0, 0.05) is 36.8 Å². The second-order valence-electron chi connectivity index (χ2n) is 6.18. The van der Waals surface area contributed by atoms with Crippen LogP contribution in [-0.4, -0.2) is 29.2 Å². The van der Waals surface area contributed by atoms with E-state index in [1.165, 1.54) is 5.56 Å². The van der Waals surface area contributed by atoms with E-state index in [2.05, 4.69) is 21.3 Å². The van der Waals surface area contributed by atoms with Gasteiger partial charge in [0.05, 0.1) is 0 Å². The lowest BCUT2D eigenvalue weighted by molar-refractivity contribution is 0.368. The van der Waals surface area contributed by atoms with E-state index in [4.69, 9.17) is 0 Å². The molecule has 1 fully saturated rings. The molecule has 1 saturated heterocycles. The molecule has 2 aromatic rings. The summed E-state index contributed by atoms with van der Waals surface area (Å²) >= 11 is 1.72. The van der Waals surface area contributed by atoms with Gasteiger partial charge in [0.2, 0.25) is 0 Å². The fraction of sp³-hybridized carbons (Fsp3) is 0.471. The highest BCUT2D eigenvalue weighted by atomic mass is 32.1. The summed E-state index contributed by atoms with van der Waals surface area (Å²) in [7, 11) is 0. The van der Waals surface area contributed by atoms with Crippen LogP contribution in [0.4, 0.5) is 5.13 Å². The van der Waals surface area contributed by atoms with E-state index < -0.39 is 0 Å². The minimum absolute atomic E-state index is 0.401. The summed E-state index contributed by atoms with van der Waals surface area (Å²) in [5.74, 6) is 0.459. The van der Waals surface area contributed by atoms with E-state index in [-0.39, 0.29) is 0 Å². The molecule has 5 heteroatoms. The fourth-order valence-electron chi connectivity index (χ4n) is 3.70. The van der Waals surface area contributed by atoms with Gasteiger partial charge >= 0.3 is 0 Å². The normalized spacial score (nSPS) is 22.0. The smallest absolute Gasteiger partial charge is 0.185 e. The Hall–Kier alpha value is -1.59. The van der Waals surface area contributed by atoms with Crippen LogP contribution in [0.25, 0.3) is 0 Å². The van der Waals surface area contributed by atoms with Gasteiger partial charge in [-0.2, -0.15) is 0 Å². The molecular weight excluding hydrogens is 294 g/mol. The molecule has 2 N–H and O–H groups in total. The number of thiazole rings is 1. The van der Waals surface area contributed by atoms with E-state index in [9.17, 15) is 5.11 Å². The maximum absolute atomic E-state index is 9.96. The first-order valence-electron chi connectivity index (χ1n) is 8.02. The number of anilines is 1. The number of benzene rings is 1. The summed E-state index contributed by atoms with van der Waals surface area (Å²) in [5.41, 5.74) is 2.43. The number of rotatable bonds is 3. The number of phenolic OH excluding ortho intramolecular Hbond substituents is 1. The van der Waals surface area contributed by atoms with Crippen LogP contribution in [0.1, 0.15) is 36.4 Å². The van der Waals surface area contributed by atoms with Crippen molar-refractivity contribution in [3.8, 4) is 5.75 Å². The molecule has 0 amide bonds. The van der Waals surface area contributed by atoms with Crippen molar-refractivity contribution >= 4 is 16.5 Å².